The zero-order valence-electron chi connectivity index (χ0n) is 8.86. The first-order valence-corrected chi connectivity index (χ1v) is 4.87. The van der Waals surface area contributed by atoms with Crippen molar-refractivity contribution in [1.82, 2.24) is 9.55 Å². The average Bonchev–Trinajstić information content (AvgIpc) is 2.32. The van der Waals surface area contributed by atoms with Gasteiger partial charge >= 0.3 is 17.3 Å². The molecular weight excluding hydrogens is 249 g/mol. The van der Waals surface area contributed by atoms with Gasteiger partial charge in [-0.25, -0.2) is 0 Å². The van der Waals surface area contributed by atoms with Crippen LogP contribution in [0.2, 0.25) is 0 Å². The number of nitrogens with zero attached hydrogens (tertiary/aromatic N) is 1. The number of aromatic amines is 1. The van der Waals surface area contributed by atoms with E-state index in [0.29, 0.717) is 0 Å². The minimum absolute atomic E-state index is 0.194. The lowest BCUT2D eigenvalue weighted by Gasteiger charge is -2.08. The lowest BCUT2D eigenvalue weighted by molar-refractivity contribution is -0.137. The largest absolute Gasteiger partial charge is 0.416 e. The van der Waals surface area contributed by atoms with E-state index in [4.69, 9.17) is 0 Å². The van der Waals surface area contributed by atoms with E-state index in [1.807, 2.05) is 0 Å². The summed E-state index contributed by atoms with van der Waals surface area (Å²) in [6, 6.07) is 3.96. The van der Waals surface area contributed by atoms with Crippen LogP contribution in [0.3, 0.4) is 0 Å². The number of hydrogen-bond donors (Lipinski definition) is 1. The second-order valence-electron chi connectivity index (χ2n) is 3.51. The molecule has 4 nitrogen and oxygen atoms in total. The number of hydrogen-bond acceptors (Lipinski definition) is 2. The molecule has 1 heterocycles. The maximum absolute atomic E-state index is 12.3. The van der Waals surface area contributed by atoms with Crippen molar-refractivity contribution in [2.75, 3.05) is 0 Å². The van der Waals surface area contributed by atoms with E-state index < -0.39 is 22.9 Å². The van der Waals surface area contributed by atoms with Crippen LogP contribution in [0.1, 0.15) is 5.56 Å². The molecular formula is C11H7F3N2O2. The Labute approximate surface area is 98.3 Å². The van der Waals surface area contributed by atoms with Crippen molar-refractivity contribution in [1.29, 1.82) is 0 Å². The molecule has 18 heavy (non-hydrogen) atoms. The number of H-pyrrole nitrogens is 1. The van der Waals surface area contributed by atoms with Crippen molar-refractivity contribution in [2.45, 2.75) is 6.18 Å². The lowest BCUT2D eigenvalue weighted by atomic mass is 10.2. The number of halogens is 3. The minimum Gasteiger partial charge on any atom is -0.323 e. The van der Waals surface area contributed by atoms with E-state index in [9.17, 15) is 22.8 Å². The van der Waals surface area contributed by atoms with Crippen molar-refractivity contribution in [3.63, 3.8) is 0 Å². The fourth-order valence-electron chi connectivity index (χ4n) is 1.44. The molecule has 1 aromatic carbocycles. The number of alkyl halides is 3. The Morgan fingerprint density at radius 2 is 1.67 bits per heavy atom. The zero-order valence-corrected chi connectivity index (χ0v) is 8.86. The van der Waals surface area contributed by atoms with Gasteiger partial charge in [-0.2, -0.15) is 13.2 Å². The molecule has 0 aliphatic rings. The van der Waals surface area contributed by atoms with E-state index >= 15 is 0 Å². The Morgan fingerprint density at radius 1 is 1.06 bits per heavy atom. The van der Waals surface area contributed by atoms with Gasteiger partial charge < -0.3 is 4.98 Å². The molecule has 2 rings (SSSR count). The van der Waals surface area contributed by atoms with E-state index in [2.05, 4.69) is 4.98 Å². The summed E-state index contributed by atoms with van der Waals surface area (Å²) in [5, 5.41) is 0. The van der Waals surface area contributed by atoms with Gasteiger partial charge in [0.25, 0.3) is 0 Å². The lowest BCUT2D eigenvalue weighted by Crippen LogP contribution is -2.34. The van der Waals surface area contributed by atoms with E-state index in [-0.39, 0.29) is 5.69 Å². The van der Waals surface area contributed by atoms with Crippen LogP contribution in [0.15, 0.2) is 46.2 Å². The molecule has 0 aliphatic heterocycles. The molecule has 0 unspecified atom stereocenters. The van der Waals surface area contributed by atoms with Crippen molar-refractivity contribution in [3.8, 4) is 5.69 Å². The third-order valence-corrected chi connectivity index (χ3v) is 2.32. The summed E-state index contributed by atoms with van der Waals surface area (Å²) in [6.07, 6.45) is -1.93. The highest BCUT2D eigenvalue weighted by molar-refractivity contribution is 5.35. The number of aromatic nitrogens is 2. The van der Waals surface area contributed by atoms with Gasteiger partial charge in [-0.05, 0) is 24.3 Å². The molecule has 0 saturated heterocycles. The molecule has 2 aromatic rings. The molecule has 0 amide bonds. The van der Waals surface area contributed by atoms with Gasteiger partial charge in [0, 0.05) is 18.1 Å². The normalized spacial score (nSPS) is 11.5. The predicted octanol–water partition coefficient (Wildman–Crippen LogP) is 1.54. The molecule has 1 N–H and O–H groups in total. The van der Waals surface area contributed by atoms with Crippen molar-refractivity contribution >= 4 is 0 Å². The first-order chi connectivity index (χ1) is 8.39. The Bertz CT molecular complexity index is 668. The standard InChI is InChI=1S/C11H7F3N2O2/c12-11(13,14)7-1-3-8(4-2-7)16-6-5-15-9(17)10(16)18/h1-6H,(H,15,17). The highest BCUT2D eigenvalue weighted by Crippen LogP contribution is 2.29. The van der Waals surface area contributed by atoms with Gasteiger partial charge in [0.2, 0.25) is 0 Å². The van der Waals surface area contributed by atoms with Gasteiger partial charge in [0.15, 0.2) is 0 Å². The highest BCUT2D eigenvalue weighted by atomic mass is 19.4. The average molecular weight is 256 g/mol. The molecule has 0 bridgehead atoms. The molecule has 0 atom stereocenters. The second kappa shape index (κ2) is 4.17. The molecule has 0 fully saturated rings. The third-order valence-electron chi connectivity index (χ3n) is 2.32. The van der Waals surface area contributed by atoms with Gasteiger partial charge in [-0.15, -0.1) is 0 Å². The van der Waals surface area contributed by atoms with Crippen molar-refractivity contribution in [3.05, 3.63) is 62.9 Å². The maximum atomic E-state index is 12.3. The Morgan fingerprint density at radius 3 is 2.22 bits per heavy atom. The predicted molar refractivity (Wildman–Crippen MR) is 57.7 cm³/mol. The van der Waals surface area contributed by atoms with Crippen molar-refractivity contribution in [2.24, 2.45) is 0 Å². The second-order valence-corrected chi connectivity index (χ2v) is 3.51. The zero-order chi connectivity index (χ0) is 13.3. The molecule has 1 aromatic heterocycles. The van der Waals surface area contributed by atoms with Crippen LogP contribution in [-0.4, -0.2) is 9.55 Å². The number of rotatable bonds is 1. The monoisotopic (exact) mass is 256 g/mol. The molecule has 94 valence electrons. The molecule has 0 spiro atoms. The van der Waals surface area contributed by atoms with Crippen LogP contribution in [0.5, 0.6) is 0 Å². The molecule has 0 radical (unpaired) electrons. The quantitative estimate of drug-likeness (QED) is 0.787. The number of nitrogens with one attached hydrogen (secondary N) is 1. The SMILES string of the molecule is O=c1[nH]ccn(-c2ccc(C(F)(F)F)cc2)c1=O. The van der Waals surface area contributed by atoms with E-state index in [1.165, 1.54) is 12.4 Å². The summed E-state index contributed by atoms with van der Waals surface area (Å²) < 4.78 is 38.0. The maximum Gasteiger partial charge on any atom is 0.416 e. The fourth-order valence-corrected chi connectivity index (χ4v) is 1.44. The highest BCUT2D eigenvalue weighted by Gasteiger charge is 2.29. The van der Waals surface area contributed by atoms with Crippen LogP contribution < -0.4 is 11.1 Å². The summed E-state index contributed by atoms with van der Waals surface area (Å²) in [5.74, 6) is 0. The van der Waals surface area contributed by atoms with Gasteiger partial charge in [-0.3, -0.25) is 14.2 Å². The Kier molecular flexibility index (Phi) is 2.82. The van der Waals surface area contributed by atoms with E-state index in [0.717, 1.165) is 28.8 Å². The summed E-state index contributed by atoms with van der Waals surface area (Å²) >= 11 is 0. The summed E-state index contributed by atoms with van der Waals surface area (Å²) in [4.78, 5) is 24.7. The third kappa shape index (κ3) is 2.20. The van der Waals surface area contributed by atoms with Gasteiger partial charge in [0.1, 0.15) is 0 Å². The topological polar surface area (TPSA) is 54.9 Å². The summed E-state index contributed by atoms with van der Waals surface area (Å²) in [5.41, 5.74) is -2.31. The Hall–Kier alpha value is -2.31. The number of benzene rings is 1. The smallest absolute Gasteiger partial charge is 0.323 e. The van der Waals surface area contributed by atoms with Crippen LogP contribution >= 0.6 is 0 Å². The molecule has 7 heteroatoms. The van der Waals surface area contributed by atoms with Crippen LogP contribution in [0.4, 0.5) is 13.2 Å². The summed E-state index contributed by atoms with van der Waals surface area (Å²) in [7, 11) is 0. The summed E-state index contributed by atoms with van der Waals surface area (Å²) in [6.45, 7) is 0. The molecule has 0 aliphatic carbocycles. The molecule has 0 saturated carbocycles. The first-order valence-electron chi connectivity index (χ1n) is 4.87. The Balaban J connectivity index is 2.51. The van der Waals surface area contributed by atoms with Crippen LogP contribution in [0.25, 0.3) is 5.69 Å². The first kappa shape index (κ1) is 12.2. The van der Waals surface area contributed by atoms with Crippen LogP contribution in [0, 0.1) is 0 Å². The van der Waals surface area contributed by atoms with Crippen LogP contribution in [-0.2, 0) is 6.18 Å². The van der Waals surface area contributed by atoms with Crippen molar-refractivity contribution < 1.29 is 13.2 Å². The van der Waals surface area contributed by atoms with Gasteiger partial charge in [0.05, 0.1) is 5.56 Å². The fraction of sp³-hybridized carbons (Fsp3) is 0.0909. The van der Waals surface area contributed by atoms with Gasteiger partial charge in [-0.1, -0.05) is 0 Å². The van der Waals surface area contributed by atoms with E-state index in [1.54, 1.807) is 0 Å². The minimum atomic E-state index is -4.43.